The Hall–Kier alpha value is -2.07. The molecule has 1 heterocycles. The number of ether oxygens (including phenoxy) is 2. The van der Waals surface area contributed by atoms with Crippen LogP contribution in [0.15, 0.2) is 36.4 Å². The lowest BCUT2D eigenvalue weighted by atomic mass is 9.93. The highest BCUT2D eigenvalue weighted by atomic mass is 19.1. The summed E-state index contributed by atoms with van der Waals surface area (Å²) in [6.45, 7) is 10.6. The molecule has 1 aliphatic rings. The number of aryl methyl sites for hydroxylation is 1. The van der Waals surface area contributed by atoms with Crippen molar-refractivity contribution in [2.45, 2.75) is 65.6 Å². The Kier molecular flexibility index (Phi) is 7.88. The van der Waals surface area contributed by atoms with Gasteiger partial charge in [-0.2, -0.15) is 0 Å². The monoisotopic (exact) mass is 387 g/mol. The fraction of sp³-hybridized carbons (Fsp3) is 0.500. The number of fused-ring (bicyclic) bond motifs is 1. The number of hydrogen-bond acceptors (Lipinski definition) is 3. The van der Waals surface area contributed by atoms with Crippen LogP contribution in [0.1, 0.15) is 57.2 Å². The highest BCUT2D eigenvalue weighted by Crippen LogP contribution is 2.38. The Morgan fingerprint density at radius 2 is 1.39 bits per heavy atom. The molecule has 28 heavy (non-hydrogen) atoms. The highest BCUT2D eigenvalue weighted by Gasteiger charge is 2.32. The van der Waals surface area contributed by atoms with Crippen molar-refractivity contribution < 1.29 is 13.9 Å². The van der Waals surface area contributed by atoms with Crippen molar-refractivity contribution in [3.63, 3.8) is 0 Å². The molecule has 0 saturated heterocycles. The minimum atomic E-state index is -0.180. The van der Waals surface area contributed by atoms with E-state index in [2.05, 4.69) is 44.7 Å². The first-order valence-electron chi connectivity index (χ1n) is 10.1. The second kappa shape index (κ2) is 9.92. The Labute approximate surface area is 169 Å². The normalized spacial score (nSPS) is 13.5. The molecule has 0 aliphatic carbocycles. The minimum absolute atomic E-state index is 0.0495. The van der Waals surface area contributed by atoms with Gasteiger partial charge in [-0.05, 0) is 67.6 Å². The first kappa shape index (κ1) is 22.2. The molecule has 0 amide bonds. The molecule has 0 aromatic heterocycles. The van der Waals surface area contributed by atoms with E-state index < -0.39 is 0 Å². The quantitative estimate of drug-likeness (QED) is 0.608. The van der Waals surface area contributed by atoms with Crippen LogP contribution >= 0.6 is 0 Å². The Morgan fingerprint density at radius 3 is 1.82 bits per heavy atom. The third-order valence-electron chi connectivity index (χ3n) is 5.22. The van der Waals surface area contributed by atoms with Gasteiger partial charge < -0.3 is 9.47 Å². The van der Waals surface area contributed by atoms with Crippen LogP contribution in [0.2, 0.25) is 0 Å². The van der Waals surface area contributed by atoms with Crippen molar-refractivity contribution in [2.24, 2.45) is 0 Å². The van der Waals surface area contributed by atoms with Crippen molar-refractivity contribution in [3.8, 4) is 11.5 Å². The third-order valence-corrected chi connectivity index (χ3v) is 5.22. The fourth-order valence-corrected chi connectivity index (χ4v) is 3.41. The number of benzene rings is 2. The zero-order chi connectivity index (χ0) is 20.7. The molecule has 0 N–H and O–H groups in total. The summed E-state index contributed by atoms with van der Waals surface area (Å²) in [7, 11) is 3.34. The maximum absolute atomic E-state index is 13.1. The molecule has 0 spiro atoms. The van der Waals surface area contributed by atoms with E-state index in [9.17, 15) is 4.39 Å². The van der Waals surface area contributed by atoms with Gasteiger partial charge in [0.25, 0.3) is 0 Å². The van der Waals surface area contributed by atoms with Gasteiger partial charge in [-0.15, -0.1) is 0 Å². The number of rotatable bonds is 6. The molecule has 0 fully saturated rings. The second-order valence-corrected chi connectivity index (χ2v) is 7.98. The highest BCUT2D eigenvalue weighted by molar-refractivity contribution is 5.48. The summed E-state index contributed by atoms with van der Waals surface area (Å²) in [5.74, 6) is 1.39. The third kappa shape index (κ3) is 5.48. The molecule has 0 unspecified atom stereocenters. The summed E-state index contributed by atoms with van der Waals surface area (Å²) in [6, 6.07) is 11.0. The molecular formula is C24H34FNO2. The van der Waals surface area contributed by atoms with E-state index in [-0.39, 0.29) is 11.4 Å². The maximum atomic E-state index is 13.1. The SMILES string of the molecule is CCC.COc1cc2c(cc1OC)CN(C(C)(C)CCc1ccc(F)cc1)C2. The van der Waals surface area contributed by atoms with Crippen molar-refractivity contribution in [1.82, 2.24) is 4.90 Å². The minimum Gasteiger partial charge on any atom is -0.493 e. The smallest absolute Gasteiger partial charge is 0.161 e. The molecule has 0 radical (unpaired) electrons. The maximum Gasteiger partial charge on any atom is 0.161 e. The summed E-state index contributed by atoms with van der Waals surface area (Å²) in [6.07, 6.45) is 3.20. The van der Waals surface area contributed by atoms with Crippen LogP contribution in [0.3, 0.4) is 0 Å². The lowest BCUT2D eigenvalue weighted by molar-refractivity contribution is 0.109. The van der Waals surface area contributed by atoms with Gasteiger partial charge in [0, 0.05) is 18.6 Å². The predicted octanol–water partition coefficient (Wildman–Crippen LogP) is 5.99. The zero-order valence-corrected chi connectivity index (χ0v) is 18.1. The molecule has 154 valence electrons. The van der Waals surface area contributed by atoms with Crippen LogP contribution in [0.4, 0.5) is 4.39 Å². The van der Waals surface area contributed by atoms with Crippen molar-refractivity contribution >= 4 is 0 Å². The van der Waals surface area contributed by atoms with Crippen LogP contribution < -0.4 is 9.47 Å². The summed E-state index contributed by atoms with van der Waals surface area (Å²) in [5, 5.41) is 0. The van der Waals surface area contributed by atoms with E-state index in [0.717, 1.165) is 37.4 Å². The van der Waals surface area contributed by atoms with Gasteiger partial charge in [-0.1, -0.05) is 32.4 Å². The molecule has 2 aromatic rings. The van der Waals surface area contributed by atoms with Crippen LogP contribution in [0.25, 0.3) is 0 Å². The van der Waals surface area contributed by atoms with Crippen LogP contribution in [-0.2, 0) is 19.5 Å². The molecule has 1 aliphatic heterocycles. The molecule has 2 aromatic carbocycles. The van der Waals surface area contributed by atoms with Crippen molar-refractivity contribution in [3.05, 3.63) is 58.9 Å². The Morgan fingerprint density at radius 1 is 0.929 bits per heavy atom. The van der Waals surface area contributed by atoms with E-state index in [4.69, 9.17) is 9.47 Å². The lowest BCUT2D eigenvalue weighted by Crippen LogP contribution is -2.40. The topological polar surface area (TPSA) is 21.7 Å². The van der Waals surface area contributed by atoms with Crippen LogP contribution in [0.5, 0.6) is 11.5 Å². The molecule has 0 bridgehead atoms. The van der Waals surface area contributed by atoms with Gasteiger partial charge in [-0.25, -0.2) is 4.39 Å². The Bertz CT molecular complexity index is 723. The standard InChI is InChI=1S/C21H26FNO2.C3H8/c1-21(2,10-9-15-5-7-18(22)8-6-15)23-13-16-11-19(24-3)20(25-4)12-17(16)14-23;1-3-2/h5-8,11-12H,9-10,13-14H2,1-4H3;3H2,1-2H3. The number of halogens is 1. The first-order valence-corrected chi connectivity index (χ1v) is 10.1. The van der Waals surface area contributed by atoms with Gasteiger partial charge in [-0.3, -0.25) is 4.90 Å². The average molecular weight is 388 g/mol. The molecule has 3 nitrogen and oxygen atoms in total. The van der Waals surface area contributed by atoms with E-state index in [0.29, 0.717) is 0 Å². The molecule has 0 saturated carbocycles. The summed E-state index contributed by atoms with van der Waals surface area (Å²) in [4.78, 5) is 2.49. The van der Waals surface area contributed by atoms with E-state index in [1.165, 1.54) is 35.2 Å². The van der Waals surface area contributed by atoms with E-state index >= 15 is 0 Å². The van der Waals surface area contributed by atoms with Crippen molar-refractivity contribution in [1.29, 1.82) is 0 Å². The number of methoxy groups -OCH3 is 2. The Balaban J connectivity index is 0.000000878. The van der Waals surface area contributed by atoms with E-state index in [1.807, 2.05) is 12.1 Å². The summed E-state index contributed by atoms with van der Waals surface area (Å²) in [5.41, 5.74) is 3.82. The largest absolute Gasteiger partial charge is 0.493 e. The van der Waals surface area contributed by atoms with Crippen LogP contribution in [0, 0.1) is 5.82 Å². The second-order valence-electron chi connectivity index (χ2n) is 7.98. The first-order chi connectivity index (χ1) is 13.3. The molecule has 4 heteroatoms. The lowest BCUT2D eigenvalue weighted by Gasteiger charge is -2.35. The van der Waals surface area contributed by atoms with Gasteiger partial charge in [0.05, 0.1) is 14.2 Å². The zero-order valence-electron chi connectivity index (χ0n) is 18.1. The van der Waals surface area contributed by atoms with Gasteiger partial charge in [0.2, 0.25) is 0 Å². The number of nitrogens with zero attached hydrogens (tertiary/aromatic N) is 1. The predicted molar refractivity (Wildman–Crippen MR) is 114 cm³/mol. The summed E-state index contributed by atoms with van der Waals surface area (Å²) >= 11 is 0. The fourth-order valence-electron chi connectivity index (χ4n) is 3.41. The molecule has 3 rings (SSSR count). The van der Waals surface area contributed by atoms with Crippen LogP contribution in [-0.4, -0.2) is 24.7 Å². The van der Waals surface area contributed by atoms with E-state index in [1.54, 1.807) is 14.2 Å². The summed E-state index contributed by atoms with van der Waals surface area (Å²) < 4.78 is 23.9. The van der Waals surface area contributed by atoms with Gasteiger partial charge >= 0.3 is 0 Å². The molecular weight excluding hydrogens is 353 g/mol. The average Bonchev–Trinajstić information content (AvgIpc) is 3.11. The molecule has 0 atom stereocenters. The van der Waals surface area contributed by atoms with Gasteiger partial charge in [0.15, 0.2) is 11.5 Å². The van der Waals surface area contributed by atoms with Crippen molar-refractivity contribution in [2.75, 3.05) is 14.2 Å². The van der Waals surface area contributed by atoms with Gasteiger partial charge in [0.1, 0.15) is 5.82 Å². The number of hydrogen-bond donors (Lipinski definition) is 0.